The topological polar surface area (TPSA) is 43.2 Å². The second-order valence-electron chi connectivity index (χ2n) is 5.11. The molecule has 0 N–H and O–H groups in total. The zero-order valence-corrected chi connectivity index (χ0v) is 13.8. The van der Waals surface area contributed by atoms with Crippen molar-refractivity contribution < 1.29 is 9.47 Å². The minimum atomic E-state index is 0.0888. The highest BCUT2D eigenvalue weighted by Gasteiger charge is 2.01. The molecular weight excluding hydrogens is 288 g/mol. The molecule has 23 heavy (non-hydrogen) atoms. The van der Waals surface area contributed by atoms with Gasteiger partial charge in [-0.3, -0.25) is 9.98 Å². The van der Waals surface area contributed by atoms with Crippen molar-refractivity contribution in [2.24, 2.45) is 9.98 Å². The van der Waals surface area contributed by atoms with E-state index in [0.717, 1.165) is 22.6 Å². The maximum absolute atomic E-state index is 5.31. The molecule has 0 unspecified atom stereocenters. The summed E-state index contributed by atoms with van der Waals surface area (Å²) in [5, 5.41) is 0. The highest BCUT2D eigenvalue weighted by atomic mass is 16.5. The Bertz CT molecular complexity index is 681. The summed E-state index contributed by atoms with van der Waals surface area (Å²) in [6.07, 6.45) is 3.66. The Morgan fingerprint density at radius 2 is 1.39 bits per heavy atom. The SMILES string of the molecule is COc1ccccc1C=NC[C@@H](C)N=Cc1ccccc1OC. The largest absolute Gasteiger partial charge is 0.496 e. The van der Waals surface area contributed by atoms with Gasteiger partial charge in [-0.1, -0.05) is 24.3 Å². The van der Waals surface area contributed by atoms with Crippen molar-refractivity contribution in [3.05, 3.63) is 59.7 Å². The third-order valence-electron chi connectivity index (χ3n) is 3.35. The van der Waals surface area contributed by atoms with E-state index in [9.17, 15) is 0 Å². The van der Waals surface area contributed by atoms with E-state index in [1.807, 2.05) is 67.9 Å². The third kappa shape index (κ3) is 4.95. The summed E-state index contributed by atoms with van der Waals surface area (Å²) in [6, 6.07) is 15.7. The molecule has 1 atom stereocenters. The Morgan fingerprint density at radius 1 is 0.870 bits per heavy atom. The normalized spacial score (nSPS) is 12.7. The zero-order valence-electron chi connectivity index (χ0n) is 13.8. The standard InChI is InChI=1S/C19H22N2O2/c1-15(21-14-17-9-5-7-11-19(17)23-3)12-20-13-16-8-4-6-10-18(16)22-2/h4-11,13-15H,12H2,1-3H3/t15-/m1/s1. The lowest BCUT2D eigenvalue weighted by Crippen LogP contribution is -2.04. The molecule has 0 aromatic heterocycles. The molecule has 4 nitrogen and oxygen atoms in total. The van der Waals surface area contributed by atoms with E-state index < -0.39 is 0 Å². The van der Waals surface area contributed by atoms with Crippen LogP contribution in [0, 0.1) is 0 Å². The van der Waals surface area contributed by atoms with Crippen LogP contribution in [0.15, 0.2) is 58.5 Å². The molecule has 0 heterocycles. The summed E-state index contributed by atoms with van der Waals surface area (Å²) in [5.74, 6) is 1.64. The van der Waals surface area contributed by atoms with Crippen LogP contribution in [0.3, 0.4) is 0 Å². The molecule has 0 saturated carbocycles. The molecule has 0 saturated heterocycles. The fourth-order valence-electron chi connectivity index (χ4n) is 2.10. The number of methoxy groups -OCH3 is 2. The van der Waals surface area contributed by atoms with Gasteiger partial charge in [0, 0.05) is 23.6 Å². The molecular formula is C19H22N2O2. The third-order valence-corrected chi connectivity index (χ3v) is 3.35. The van der Waals surface area contributed by atoms with Gasteiger partial charge in [0.25, 0.3) is 0 Å². The zero-order chi connectivity index (χ0) is 16.5. The molecule has 0 aliphatic rings. The van der Waals surface area contributed by atoms with E-state index in [-0.39, 0.29) is 6.04 Å². The Labute approximate surface area is 137 Å². The molecule has 2 rings (SSSR count). The van der Waals surface area contributed by atoms with Gasteiger partial charge in [-0.25, -0.2) is 0 Å². The van der Waals surface area contributed by atoms with Crippen molar-refractivity contribution in [2.45, 2.75) is 13.0 Å². The Morgan fingerprint density at radius 3 is 1.96 bits per heavy atom. The van der Waals surface area contributed by atoms with Crippen LogP contribution in [0.5, 0.6) is 11.5 Å². The average molecular weight is 310 g/mol. The quantitative estimate of drug-likeness (QED) is 0.733. The number of hydrogen-bond acceptors (Lipinski definition) is 4. The van der Waals surface area contributed by atoms with Crippen molar-refractivity contribution in [1.82, 2.24) is 0 Å². The van der Waals surface area contributed by atoms with Gasteiger partial charge in [-0.15, -0.1) is 0 Å². The Balaban J connectivity index is 1.95. The monoisotopic (exact) mass is 310 g/mol. The molecule has 0 fully saturated rings. The maximum Gasteiger partial charge on any atom is 0.127 e. The molecule has 4 heteroatoms. The number of para-hydroxylation sites is 2. The number of rotatable bonds is 7. The predicted molar refractivity (Wildman–Crippen MR) is 95.5 cm³/mol. The number of aliphatic imine (C=N–C) groups is 2. The van der Waals surface area contributed by atoms with Gasteiger partial charge in [0.15, 0.2) is 0 Å². The van der Waals surface area contributed by atoms with Crippen LogP contribution in [-0.2, 0) is 0 Å². The fourth-order valence-corrected chi connectivity index (χ4v) is 2.10. The summed E-state index contributed by atoms with van der Waals surface area (Å²) in [4.78, 5) is 8.98. The predicted octanol–water partition coefficient (Wildman–Crippen LogP) is 3.63. The molecule has 0 spiro atoms. The smallest absolute Gasteiger partial charge is 0.127 e. The van der Waals surface area contributed by atoms with E-state index >= 15 is 0 Å². The van der Waals surface area contributed by atoms with Gasteiger partial charge in [0.2, 0.25) is 0 Å². The Kier molecular flexibility index (Phi) is 6.36. The number of benzene rings is 2. The van der Waals surface area contributed by atoms with Gasteiger partial charge in [-0.05, 0) is 31.2 Å². The highest BCUT2D eigenvalue weighted by Crippen LogP contribution is 2.16. The van der Waals surface area contributed by atoms with E-state index in [4.69, 9.17) is 9.47 Å². The van der Waals surface area contributed by atoms with Gasteiger partial charge < -0.3 is 9.47 Å². The number of ether oxygens (including phenoxy) is 2. The lowest BCUT2D eigenvalue weighted by molar-refractivity contribution is 0.414. The molecule has 0 amide bonds. The second-order valence-corrected chi connectivity index (χ2v) is 5.11. The summed E-state index contributed by atoms with van der Waals surface area (Å²) in [5.41, 5.74) is 1.94. The molecule has 0 aliphatic carbocycles. The van der Waals surface area contributed by atoms with E-state index in [2.05, 4.69) is 9.98 Å². The van der Waals surface area contributed by atoms with Crippen molar-refractivity contribution in [1.29, 1.82) is 0 Å². The van der Waals surface area contributed by atoms with Crippen LogP contribution >= 0.6 is 0 Å². The van der Waals surface area contributed by atoms with Crippen molar-refractivity contribution in [2.75, 3.05) is 20.8 Å². The first-order valence-corrected chi connectivity index (χ1v) is 7.53. The maximum atomic E-state index is 5.31. The number of nitrogens with zero attached hydrogens (tertiary/aromatic N) is 2. The van der Waals surface area contributed by atoms with Gasteiger partial charge >= 0.3 is 0 Å². The minimum absolute atomic E-state index is 0.0888. The van der Waals surface area contributed by atoms with E-state index in [1.165, 1.54) is 0 Å². The molecule has 0 aliphatic heterocycles. The van der Waals surface area contributed by atoms with Crippen LogP contribution < -0.4 is 9.47 Å². The summed E-state index contributed by atoms with van der Waals surface area (Å²) < 4.78 is 10.6. The van der Waals surface area contributed by atoms with Crippen molar-refractivity contribution in [3.8, 4) is 11.5 Å². The van der Waals surface area contributed by atoms with E-state index in [0.29, 0.717) is 6.54 Å². The van der Waals surface area contributed by atoms with Crippen LogP contribution in [0.25, 0.3) is 0 Å². The fraction of sp³-hybridized carbons (Fsp3) is 0.263. The van der Waals surface area contributed by atoms with Crippen LogP contribution in [0.1, 0.15) is 18.1 Å². The summed E-state index contributed by atoms with van der Waals surface area (Å²) in [7, 11) is 3.32. The van der Waals surface area contributed by atoms with Crippen molar-refractivity contribution in [3.63, 3.8) is 0 Å². The van der Waals surface area contributed by atoms with E-state index in [1.54, 1.807) is 14.2 Å². The lowest BCUT2D eigenvalue weighted by atomic mass is 10.2. The minimum Gasteiger partial charge on any atom is -0.496 e. The average Bonchev–Trinajstić information content (AvgIpc) is 2.60. The summed E-state index contributed by atoms with van der Waals surface area (Å²) in [6.45, 7) is 2.65. The summed E-state index contributed by atoms with van der Waals surface area (Å²) >= 11 is 0. The van der Waals surface area contributed by atoms with Gasteiger partial charge in [0.05, 0.1) is 26.8 Å². The van der Waals surface area contributed by atoms with Crippen LogP contribution in [0.2, 0.25) is 0 Å². The molecule has 2 aromatic rings. The first kappa shape index (κ1) is 16.7. The lowest BCUT2D eigenvalue weighted by Gasteiger charge is -2.06. The van der Waals surface area contributed by atoms with Crippen LogP contribution in [0.4, 0.5) is 0 Å². The first-order chi connectivity index (χ1) is 11.2. The molecule has 0 radical (unpaired) electrons. The first-order valence-electron chi connectivity index (χ1n) is 7.53. The van der Waals surface area contributed by atoms with Crippen LogP contribution in [-0.4, -0.2) is 39.2 Å². The highest BCUT2D eigenvalue weighted by molar-refractivity contribution is 5.84. The van der Waals surface area contributed by atoms with Crippen molar-refractivity contribution >= 4 is 12.4 Å². The molecule has 0 bridgehead atoms. The van der Waals surface area contributed by atoms with Gasteiger partial charge in [0.1, 0.15) is 11.5 Å². The molecule has 2 aromatic carbocycles. The second kappa shape index (κ2) is 8.73. The molecule has 120 valence electrons. The number of hydrogen-bond donors (Lipinski definition) is 0. The Hall–Kier alpha value is -2.62. The van der Waals surface area contributed by atoms with Gasteiger partial charge in [-0.2, -0.15) is 0 Å².